The number of piperidine rings is 1. The molecule has 0 saturated carbocycles. The number of hydrogen-bond acceptors (Lipinski definition) is 5. The molecule has 1 fully saturated rings. The number of likely N-dealkylation sites (tertiary alicyclic amines) is 1. The second kappa shape index (κ2) is 6.98. The lowest BCUT2D eigenvalue weighted by Crippen LogP contribution is -2.36. The first-order valence-electron chi connectivity index (χ1n) is 5.64. The summed E-state index contributed by atoms with van der Waals surface area (Å²) in [6, 6.07) is 1.39. The molecule has 9 heteroatoms. The summed E-state index contributed by atoms with van der Waals surface area (Å²) in [5, 5.41) is 15.9. The van der Waals surface area contributed by atoms with Crippen molar-refractivity contribution in [2.24, 2.45) is 5.11 Å². The van der Waals surface area contributed by atoms with Crippen molar-refractivity contribution in [3.05, 3.63) is 28.0 Å². The van der Waals surface area contributed by atoms with E-state index in [1.54, 1.807) is 0 Å². The smallest absolute Gasteiger partial charge is 0.358 e. The minimum atomic E-state index is -1.10. The molecule has 1 aliphatic heterocycles. The molecule has 1 N–H and O–H groups in total. The van der Waals surface area contributed by atoms with Gasteiger partial charge in [-0.05, 0) is 24.9 Å². The van der Waals surface area contributed by atoms with Crippen molar-refractivity contribution in [2.45, 2.75) is 25.4 Å². The topological polar surface area (TPSA) is 115 Å². The van der Waals surface area contributed by atoms with Crippen LogP contribution in [0.4, 0.5) is 0 Å². The van der Waals surface area contributed by atoms with Gasteiger partial charge in [0.2, 0.25) is 0 Å². The molecule has 2 rings (SSSR count). The van der Waals surface area contributed by atoms with Gasteiger partial charge in [-0.1, -0.05) is 10.3 Å². The number of nitrogens with zero attached hydrogens (tertiary/aromatic N) is 5. The average Bonchev–Trinajstić information content (AvgIpc) is 2.78. The number of halogens is 1. The molecule has 8 nitrogen and oxygen atoms in total. The van der Waals surface area contributed by atoms with Crippen molar-refractivity contribution < 1.29 is 14.4 Å². The van der Waals surface area contributed by atoms with E-state index in [1.807, 2.05) is 0 Å². The fraction of sp³-hybridized carbons (Fsp3) is 0.600. The first kappa shape index (κ1) is 15.3. The van der Waals surface area contributed by atoms with Gasteiger partial charge in [-0.2, -0.15) is 0 Å². The highest BCUT2D eigenvalue weighted by Crippen LogP contribution is 2.16. The van der Waals surface area contributed by atoms with Gasteiger partial charge in [0.1, 0.15) is 0 Å². The Morgan fingerprint density at radius 2 is 2.53 bits per heavy atom. The third kappa shape index (κ3) is 4.13. The van der Waals surface area contributed by atoms with Crippen LogP contribution in [0.15, 0.2) is 15.7 Å². The minimum Gasteiger partial charge on any atom is -0.476 e. The van der Waals surface area contributed by atoms with E-state index in [4.69, 9.17) is 15.2 Å². The van der Waals surface area contributed by atoms with Gasteiger partial charge in [0.15, 0.2) is 11.5 Å². The Balaban J connectivity index is 0.00000180. The second-order valence-electron chi connectivity index (χ2n) is 4.22. The van der Waals surface area contributed by atoms with E-state index in [1.165, 1.54) is 6.07 Å². The minimum absolute atomic E-state index is 0. The van der Waals surface area contributed by atoms with Crippen LogP contribution in [-0.2, 0) is 6.54 Å². The summed E-state index contributed by atoms with van der Waals surface area (Å²) < 4.78 is 4.95. The van der Waals surface area contributed by atoms with Crippen LogP contribution in [0, 0.1) is 0 Å². The highest BCUT2D eigenvalue weighted by Gasteiger charge is 2.20. The molecule has 1 atom stereocenters. The quantitative estimate of drug-likeness (QED) is 0.517. The van der Waals surface area contributed by atoms with Gasteiger partial charge in [0, 0.05) is 17.5 Å². The van der Waals surface area contributed by atoms with Crippen LogP contribution in [0.2, 0.25) is 0 Å². The number of hydrogen-bond donors (Lipinski definition) is 1. The van der Waals surface area contributed by atoms with Gasteiger partial charge in [-0.3, -0.25) is 4.90 Å². The first-order chi connectivity index (χ1) is 8.69. The summed E-state index contributed by atoms with van der Waals surface area (Å²) in [6.45, 7) is 2.02. The van der Waals surface area contributed by atoms with E-state index in [0.29, 0.717) is 18.8 Å². The predicted molar refractivity (Wildman–Crippen MR) is 68.2 cm³/mol. The molecule has 0 aromatic carbocycles. The molecule has 0 radical (unpaired) electrons. The molecule has 1 aliphatic rings. The van der Waals surface area contributed by atoms with E-state index >= 15 is 0 Å². The fourth-order valence-corrected chi connectivity index (χ4v) is 2.05. The van der Waals surface area contributed by atoms with Crippen molar-refractivity contribution in [2.75, 3.05) is 13.1 Å². The van der Waals surface area contributed by atoms with E-state index < -0.39 is 5.97 Å². The Kier molecular flexibility index (Phi) is 5.62. The van der Waals surface area contributed by atoms with Crippen LogP contribution in [0.3, 0.4) is 0 Å². The maximum atomic E-state index is 10.7. The van der Waals surface area contributed by atoms with Crippen LogP contribution in [-0.4, -0.2) is 40.3 Å². The van der Waals surface area contributed by atoms with Gasteiger partial charge in [0.25, 0.3) is 0 Å². The summed E-state index contributed by atoms with van der Waals surface area (Å²) in [5.74, 6) is -0.593. The van der Waals surface area contributed by atoms with Gasteiger partial charge in [-0.25, -0.2) is 4.79 Å². The number of carboxylic acids is 1. The molecule has 0 spiro atoms. The lowest BCUT2D eigenvalue weighted by atomic mass is 10.1. The average molecular weight is 288 g/mol. The normalized spacial score (nSPS) is 19.3. The van der Waals surface area contributed by atoms with Gasteiger partial charge in [0.05, 0.1) is 12.6 Å². The van der Waals surface area contributed by atoms with Gasteiger partial charge >= 0.3 is 5.97 Å². The SMILES string of the molecule is Cl.[N-]=[N+]=NC1CCCN(Cc2cc(C(=O)O)no2)C1. The monoisotopic (exact) mass is 287 g/mol. The van der Waals surface area contributed by atoms with E-state index in [2.05, 4.69) is 20.1 Å². The van der Waals surface area contributed by atoms with Crippen molar-refractivity contribution in [1.29, 1.82) is 0 Å². The largest absolute Gasteiger partial charge is 0.476 e. The molecule has 1 aromatic heterocycles. The molecular weight excluding hydrogens is 274 g/mol. The highest BCUT2D eigenvalue weighted by molar-refractivity contribution is 5.85. The van der Waals surface area contributed by atoms with E-state index in [-0.39, 0.29) is 24.1 Å². The zero-order chi connectivity index (χ0) is 13.0. The third-order valence-electron chi connectivity index (χ3n) is 2.85. The van der Waals surface area contributed by atoms with Crippen LogP contribution in [0.25, 0.3) is 10.4 Å². The number of rotatable bonds is 4. The number of carbonyl (C=O) groups is 1. The maximum Gasteiger partial charge on any atom is 0.358 e. The highest BCUT2D eigenvalue weighted by atomic mass is 35.5. The molecule has 0 amide bonds. The maximum absolute atomic E-state index is 10.7. The summed E-state index contributed by atoms with van der Waals surface area (Å²) in [4.78, 5) is 15.5. The molecule has 0 bridgehead atoms. The molecule has 19 heavy (non-hydrogen) atoms. The zero-order valence-electron chi connectivity index (χ0n) is 10.1. The van der Waals surface area contributed by atoms with Crippen LogP contribution >= 0.6 is 12.4 Å². The Bertz CT molecular complexity index is 485. The fourth-order valence-electron chi connectivity index (χ4n) is 2.05. The third-order valence-corrected chi connectivity index (χ3v) is 2.85. The van der Waals surface area contributed by atoms with Crippen LogP contribution in [0.5, 0.6) is 0 Å². The zero-order valence-corrected chi connectivity index (χ0v) is 10.9. The summed E-state index contributed by atoms with van der Waals surface area (Å²) in [6.07, 6.45) is 1.83. The van der Waals surface area contributed by atoms with E-state index in [9.17, 15) is 4.79 Å². The lowest BCUT2D eigenvalue weighted by Gasteiger charge is -2.29. The molecule has 1 unspecified atom stereocenters. The number of carboxylic acid groups (broad SMARTS) is 1. The molecule has 2 heterocycles. The predicted octanol–water partition coefficient (Wildman–Crippen LogP) is 2.07. The summed E-state index contributed by atoms with van der Waals surface area (Å²) in [5.41, 5.74) is 8.32. The standard InChI is InChI=1S/C10H13N5O3.ClH/c11-14-12-7-2-1-3-15(5-7)6-8-4-9(10(16)17)13-18-8;/h4,7H,1-3,5-6H2,(H,16,17);1H. The molecule has 1 aromatic rings. The molecule has 104 valence electrons. The molecular formula is C10H14ClN5O3. The Morgan fingerprint density at radius 1 is 1.74 bits per heavy atom. The van der Waals surface area contributed by atoms with Crippen molar-refractivity contribution in [3.8, 4) is 0 Å². The molecule has 1 saturated heterocycles. The van der Waals surface area contributed by atoms with Gasteiger partial charge in [-0.15, -0.1) is 12.4 Å². The van der Waals surface area contributed by atoms with Crippen molar-refractivity contribution in [3.63, 3.8) is 0 Å². The Labute approximate surface area is 115 Å². The molecule has 0 aliphatic carbocycles. The van der Waals surface area contributed by atoms with Gasteiger partial charge < -0.3 is 9.63 Å². The number of aromatic carboxylic acids is 1. The first-order valence-corrected chi connectivity index (χ1v) is 5.64. The number of azide groups is 1. The summed E-state index contributed by atoms with van der Waals surface area (Å²) >= 11 is 0. The number of aromatic nitrogens is 1. The van der Waals surface area contributed by atoms with Crippen LogP contribution in [0.1, 0.15) is 29.1 Å². The Hall–Kier alpha value is -1.76. The second-order valence-corrected chi connectivity index (χ2v) is 4.22. The Morgan fingerprint density at radius 3 is 3.16 bits per heavy atom. The lowest BCUT2D eigenvalue weighted by molar-refractivity contribution is 0.0685. The van der Waals surface area contributed by atoms with Crippen LogP contribution < -0.4 is 0 Å². The van der Waals surface area contributed by atoms with Crippen molar-refractivity contribution in [1.82, 2.24) is 10.1 Å². The van der Waals surface area contributed by atoms with E-state index in [0.717, 1.165) is 19.4 Å². The summed E-state index contributed by atoms with van der Waals surface area (Å²) in [7, 11) is 0. The van der Waals surface area contributed by atoms with Crippen molar-refractivity contribution >= 4 is 18.4 Å².